The molecule has 0 radical (unpaired) electrons. The lowest BCUT2D eigenvalue weighted by molar-refractivity contribution is 0.242. The predicted molar refractivity (Wildman–Crippen MR) is 115 cm³/mol. The second-order valence-electron chi connectivity index (χ2n) is 7.51. The van der Waals surface area contributed by atoms with Gasteiger partial charge < -0.3 is 4.98 Å². The smallest absolute Gasteiger partial charge is 0.255 e. The molecule has 0 aliphatic carbocycles. The molecule has 0 saturated heterocycles. The zero-order chi connectivity index (χ0) is 20.7. The van der Waals surface area contributed by atoms with Crippen LogP contribution in [0.1, 0.15) is 22.4 Å². The number of nitrogens with one attached hydrogen (secondary N) is 1. The van der Waals surface area contributed by atoms with Crippen molar-refractivity contribution in [1.82, 2.24) is 29.8 Å². The maximum atomic E-state index is 12.7. The van der Waals surface area contributed by atoms with Crippen LogP contribution in [-0.4, -0.2) is 36.4 Å². The molecule has 4 aromatic rings. The summed E-state index contributed by atoms with van der Waals surface area (Å²) in [6.45, 7) is 3.96. The quantitative estimate of drug-likeness (QED) is 0.513. The Hall–Kier alpha value is -3.16. The molecule has 8 heteroatoms. The molecule has 0 unspecified atom stereocenters. The Morgan fingerprint density at radius 1 is 1.20 bits per heavy atom. The molecular formula is C22H19ClN6O. The third-order valence-electron chi connectivity index (χ3n) is 5.45. The number of H-pyrrole nitrogens is 1. The fraction of sp³-hybridized carbons (Fsp3) is 0.227. The summed E-state index contributed by atoms with van der Waals surface area (Å²) in [5.41, 5.74) is 5.08. The first-order valence-electron chi connectivity index (χ1n) is 9.73. The van der Waals surface area contributed by atoms with Crippen LogP contribution in [0.3, 0.4) is 0 Å². The molecule has 0 saturated carbocycles. The van der Waals surface area contributed by atoms with E-state index < -0.39 is 0 Å². The molecule has 0 fully saturated rings. The number of aromatic nitrogens is 5. The van der Waals surface area contributed by atoms with Crippen LogP contribution in [0, 0.1) is 6.92 Å². The summed E-state index contributed by atoms with van der Waals surface area (Å²) in [4.78, 5) is 35.0. The van der Waals surface area contributed by atoms with E-state index >= 15 is 0 Å². The monoisotopic (exact) mass is 418 g/mol. The minimum absolute atomic E-state index is 0.123. The molecule has 3 aromatic heterocycles. The van der Waals surface area contributed by atoms with Gasteiger partial charge in [0, 0.05) is 49.4 Å². The van der Waals surface area contributed by atoms with Crippen LogP contribution in [0.2, 0.25) is 5.15 Å². The molecule has 150 valence electrons. The highest BCUT2D eigenvalue weighted by Gasteiger charge is 2.22. The summed E-state index contributed by atoms with van der Waals surface area (Å²) in [6.07, 6.45) is 5.43. The number of aryl methyl sites for hydroxylation is 1. The van der Waals surface area contributed by atoms with Crippen molar-refractivity contribution in [3.8, 4) is 11.4 Å². The van der Waals surface area contributed by atoms with E-state index in [-0.39, 0.29) is 5.56 Å². The van der Waals surface area contributed by atoms with Crippen LogP contribution in [0.4, 0.5) is 0 Å². The van der Waals surface area contributed by atoms with Crippen LogP contribution in [-0.2, 0) is 19.5 Å². The van der Waals surface area contributed by atoms with Crippen molar-refractivity contribution < 1.29 is 0 Å². The van der Waals surface area contributed by atoms with E-state index in [1.54, 1.807) is 12.4 Å². The Morgan fingerprint density at radius 2 is 2.03 bits per heavy atom. The highest BCUT2D eigenvalue weighted by molar-refractivity contribution is 6.30. The SMILES string of the molecule is Cc1cccc2cc(CN3CCc4nc(-c5cncnc5)[nH]c(=O)c4C3)c(Cl)nc12. The Morgan fingerprint density at radius 3 is 2.87 bits per heavy atom. The third kappa shape index (κ3) is 3.46. The molecule has 0 spiro atoms. The highest BCUT2D eigenvalue weighted by Crippen LogP contribution is 2.26. The van der Waals surface area contributed by atoms with Gasteiger partial charge in [-0.1, -0.05) is 29.8 Å². The number of fused-ring (bicyclic) bond motifs is 2. The lowest BCUT2D eigenvalue weighted by atomic mass is 10.0. The van der Waals surface area contributed by atoms with E-state index in [0.717, 1.165) is 34.3 Å². The van der Waals surface area contributed by atoms with Crippen LogP contribution in [0.25, 0.3) is 22.3 Å². The second kappa shape index (κ2) is 7.59. The average Bonchev–Trinajstić information content (AvgIpc) is 2.76. The summed E-state index contributed by atoms with van der Waals surface area (Å²) in [5, 5.41) is 1.58. The van der Waals surface area contributed by atoms with E-state index in [0.29, 0.717) is 41.6 Å². The standard InChI is InChI=1S/C22H19ClN6O/c1-13-3-2-4-14-7-15(20(23)27-19(13)14)10-29-6-5-18-17(11-29)22(30)28-21(26-18)16-8-24-12-25-9-16/h2-4,7-9,12H,5-6,10-11H2,1H3,(H,26,28,30). The first kappa shape index (κ1) is 18.8. The number of hydrogen-bond acceptors (Lipinski definition) is 6. The number of aromatic amines is 1. The molecule has 1 N–H and O–H groups in total. The fourth-order valence-corrected chi connectivity index (χ4v) is 4.09. The number of pyridine rings is 1. The van der Waals surface area contributed by atoms with Crippen LogP contribution in [0.15, 0.2) is 47.8 Å². The van der Waals surface area contributed by atoms with Gasteiger partial charge in [-0.05, 0) is 18.6 Å². The molecule has 7 nitrogen and oxygen atoms in total. The molecule has 5 rings (SSSR count). The minimum Gasteiger partial charge on any atom is -0.306 e. The van der Waals surface area contributed by atoms with Gasteiger partial charge in [0.25, 0.3) is 5.56 Å². The number of nitrogens with zero attached hydrogens (tertiary/aromatic N) is 5. The van der Waals surface area contributed by atoms with E-state index in [1.165, 1.54) is 6.33 Å². The first-order valence-corrected chi connectivity index (χ1v) is 10.1. The van der Waals surface area contributed by atoms with Gasteiger partial charge in [-0.2, -0.15) is 0 Å². The lowest BCUT2D eigenvalue weighted by Crippen LogP contribution is -2.35. The first-order chi connectivity index (χ1) is 14.6. The van der Waals surface area contributed by atoms with Crippen molar-refractivity contribution in [2.45, 2.75) is 26.4 Å². The third-order valence-corrected chi connectivity index (χ3v) is 5.78. The molecule has 0 amide bonds. The summed E-state index contributed by atoms with van der Waals surface area (Å²) >= 11 is 6.48. The molecular weight excluding hydrogens is 400 g/mol. The van der Waals surface area contributed by atoms with Crippen LogP contribution in [0.5, 0.6) is 0 Å². The van der Waals surface area contributed by atoms with Crippen molar-refractivity contribution in [2.75, 3.05) is 6.54 Å². The van der Waals surface area contributed by atoms with Crippen molar-refractivity contribution in [1.29, 1.82) is 0 Å². The molecule has 1 aromatic carbocycles. The maximum Gasteiger partial charge on any atom is 0.255 e. The Bertz CT molecular complexity index is 1300. The molecule has 1 aliphatic heterocycles. The zero-order valence-corrected chi connectivity index (χ0v) is 17.1. The Labute approximate surface area is 177 Å². The topological polar surface area (TPSA) is 87.7 Å². The normalized spacial score (nSPS) is 14.1. The van der Waals surface area contributed by atoms with Gasteiger partial charge >= 0.3 is 0 Å². The summed E-state index contributed by atoms with van der Waals surface area (Å²) in [7, 11) is 0. The molecule has 0 bridgehead atoms. The van der Waals surface area contributed by atoms with E-state index in [4.69, 9.17) is 11.6 Å². The van der Waals surface area contributed by atoms with Gasteiger partial charge in [0.15, 0.2) is 0 Å². The summed E-state index contributed by atoms with van der Waals surface area (Å²) < 4.78 is 0. The van der Waals surface area contributed by atoms with Gasteiger partial charge in [0.1, 0.15) is 17.3 Å². The largest absolute Gasteiger partial charge is 0.306 e. The van der Waals surface area contributed by atoms with Crippen LogP contribution < -0.4 is 5.56 Å². The number of hydrogen-bond donors (Lipinski definition) is 1. The predicted octanol–water partition coefficient (Wildman–Crippen LogP) is 3.30. The molecule has 1 aliphatic rings. The van der Waals surface area contributed by atoms with Gasteiger partial charge in [0.05, 0.1) is 22.3 Å². The van der Waals surface area contributed by atoms with Crippen molar-refractivity contribution in [3.63, 3.8) is 0 Å². The van der Waals surface area contributed by atoms with Gasteiger partial charge in [-0.15, -0.1) is 0 Å². The lowest BCUT2D eigenvalue weighted by Gasteiger charge is -2.28. The second-order valence-corrected chi connectivity index (χ2v) is 7.87. The number of para-hydroxylation sites is 1. The van der Waals surface area contributed by atoms with Crippen molar-refractivity contribution >= 4 is 22.5 Å². The Balaban J connectivity index is 1.42. The number of rotatable bonds is 3. The minimum atomic E-state index is -0.123. The Kier molecular flexibility index (Phi) is 4.77. The van der Waals surface area contributed by atoms with E-state index in [9.17, 15) is 4.79 Å². The number of halogens is 1. The van der Waals surface area contributed by atoms with Gasteiger partial charge in [-0.3, -0.25) is 9.69 Å². The maximum absolute atomic E-state index is 12.7. The molecule has 30 heavy (non-hydrogen) atoms. The van der Waals surface area contributed by atoms with Crippen LogP contribution >= 0.6 is 11.6 Å². The van der Waals surface area contributed by atoms with Gasteiger partial charge in [-0.25, -0.2) is 19.9 Å². The highest BCUT2D eigenvalue weighted by atomic mass is 35.5. The summed E-state index contributed by atoms with van der Waals surface area (Å²) in [6, 6.07) is 8.19. The molecule has 4 heterocycles. The van der Waals surface area contributed by atoms with Crippen molar-refractivity contribution in [3.05, 3.63) is 80.9 Å². The fourth-order valence-electron chi connectivity index (χ4n) is 3.89. The number of benzene rings is 1. The van der Waals surface area contributed by atoms with E-state index in [2.05, 4.69) is 35.9 Å². The van der Waals surface area contributed by atoms with Gasteiger partial charge in [0.2, 0.25) is 0 Å². The average molecular weight is 419 g/mol. The van der Waals surface area contributed by atoms with Crippen molar-refractivity contribution in [2.24, 2.45) is 0 Å². The molecule has 0 atom stereocenters. The summed E-state index contributed by atoms with van der Waals surface area (Å²) in [5.74, 6) is 0.505. The van der Waals surface area contributed by atoms with E-state index in [1.807, 2.05) is 25.1 Å². The zero-order valence-electron chi connectivity index (χ0n) is 16.4.